The molecule has 0 N–H and O–H groups in total. The molecule has 0 fully saturated rings. The van der Waals surface area contributed by atoms with Gasteiger partial charge in [0, 0.05) is 33.9 Å². The summed E-state index contributed by atoms with van der Waals surface area (Å²) in [5, 5.41) is 4.22. The van der Waals surface area contributed by atoms with Crippen LogP contribution >= 0.6 is 23.2 Å². The number of sulfonamides is 1. The number of amides is 1. The lowest BCUT2D eigenvalue weighted by molar-refractivity contribution is 0.0781. The normalized spacial score (nSPS) is 11.8. The third kappa shape index (κ3) is 4.03. The third-order valence-corrected chi connectivity index (χ3v) is 6.45. The average molecular weight is 419 g/mol. The number of halogens is 2. The topological polar surface area (TPSA) is 75.5 Å². The van der Waals surface area contributed by atoms with E-state index in [-0.39, 0.29) is 20.5 Å². The summed E-state index contributed by atoms with van der Waals surface area (Å²) in [6.07, 6.45) is 1.66. The molecule has 1 heterocycles. The molecule has 0 radical (unpaired) electrons. The van der Waals surface area contributed by atoms with Crippen molar-refractivity contribution in [3.63, 3.8) is 0 Å². The molecule has 10 heteroatoms. The maximum atomic E-state index is 12.8. The van der Waals surface area contributed by atoms with Crippen LogP contribution in [-0.4, -0.2) is 54.5 Å². The number of benzene rings is 1. The average Bonchev–Trinajstić information content (AvgIpc) is 3.00. The molecule has 26 heavy (non-hydrogen) atoms. The largest absolute Gasteiger partial charge is 0.336 e. The number of nitrogens with zero attached hydrogens (tertiary/aromatic N) is 4. The highest BCUT2D eigenvalue weighted by molar-refractivity contribution is 7.89. The molecule has 0 spiro atoms. The van der Waals surface area contributed by atoms with Gasteiger partial charge >= 0.3 is 0 Å². The van der Waals surface area contributed by atoms with Crippen molar-refractivity contribution in [3.05, 3.63) is 45.7 Å². The second-order valence-electron chi connectivity index (χ2n) is 5.85. The highest BCUT2D eigenvalue weighted by Crippen LogP contribution is 2.30. The molecule has 1 aromatic carbocycles. The molecule has 0 bridgehead atoms. The Kier molecular flexibility index (Phi) is 6.33. The van der Waals surface area contributed by atoms with Gasteiger partial charge in [-0.15, -0.1) is 0 Å². The number of aryl methyl sites for hydroxylation is 1. The second kappa shape index (κ2) is 7.96. The molecule has 1 amide bonds. The molecule has 0 unspecified atom stereocenters. The van der Waals surface area contributed by atoms with Gasteiger partial charge in [-0.3, -0.25) is 9.48 Å². The van der Waals surface area contributed by atoms with Gasteiger partial charge in [0.05, 0.1) is 27.8 Å². The highest BCUT2D eigenvalue weighted by atomic mass is 35.5. The fourth-order valence-electron chi connectivity index (χ4n) is 2.39. The number of hydrogen-bond acceptors (Lipinski definition) is 4. The van der Waals surface area contributed by atoms with E-state index >= 15 is 0 Å². The first-order valence-corrected chi connectivity index (χ1v) is 9.96. The summed E-state index contributed by atoms with van der Waals surface area (Å²) in [5.74, 6) is -0.411. The Bertz CT molecular complexity index is 926. The van der Waals surface area contributed by atoms with Gasteiger partial charge in [-0.1, -0.05) is 23.2 Å². The first kappa shape index (κ1) is 20.7. The summed E-state index contributed by atoms with van der Waals surface area (Å²) in [7, 11) is 0.580. The van der Waals surface area contributed by atoms with E-state index in [2.05, 4.69) is 5.10 Å². The predicted molar refractivity (Wildman–Crippen MR) is 101 cm³/mol. The lowest BCUT2D eigenvalue weighted by atomic mass is 10.2. The maximum absolute atomic E-state index is 12.8. The van der Waals surface area contributed by atoms with Crippen molar-refractivity contribution < 1.29 is 13.2 Å². The Morgan fingerprint density at radius 3 is 2.42 bits per heavy atom. The first-order chi connectivity index (χ1) is 12.1. The Morgan fingerprint density at radius 1 is 1.19 bits per heavy atom. The summed E-state index contributed by atoms with van der Waals surface area (Å²) in [5.41, 5.74) is 0.927. The number of rotatable bonds is 6. The summed E-state index contributed by atoms with van der Waals surface area (Å²) in [4.78, 5) is 14.1. The van der Waals surface area contributed by atoms with Gasteiger partial charge in [0.1, 0.15) is 4.90 Å². The number of hydrogen-bond donors (Lipinski definition) is 0. The van der Waals surface area contributed by atoms with Crippen LogP contribution < -0.4 is 0 Å². The van der Waals surface area contributed by atoms with Crippen LogP contribution in [-0.2, 0) is 23.1 Å². The minimum Gasteiger partial charge on any atom is -0.336 e. The van der Waals surface area contributed by atoms with E-state index < -0.39 is 15.9 Å². The van der Waals surface area contributed by atoms with Crippen LogP contribution in [0.15, 0.2) is 29.3 Å². The van der Waals surface area contributed by atoms with Gasteiger partial charge in [0.2, 0.25) is 10.0 Å². The standard InChI is InChI=1S/C16H20Cl2N4O3S/c1-5-22-11(6-7-19-22)10-21(4)16(23)12-8-15(14(18)9-13(12)17)26(24,25)20(2)3/h6-9H,5,10H2,1-4H3. The number of carbonyl (C=O) groups excluding carboxylic acids is 1. The molecular formula is C16H20Cl2N4O3S. The summed E-state index contributed by atoms with van der Waals surface area (Å²) >= 11 is 12.2. The fraction of sp³-hybridized carbons (Fsp3) is 0.375. The zero-order chi connectivity index (χ0) is 19.6. The second-order valence-corrected chi connectivity index (χ2v) is 8.78. The monoisotopic (exact) mass is 418 g/mol. The van der Waals surface area contributed by atoms with E-state index in [4.69, 9.17) is 23.2 Å². The molecule has 2 rings (SSSR count). The quantitative estimate of drug-likeness (QED) is 0.722. The van der Waals surface area contributed by atoms with Gasteiger partial charge in [-0.05, 0) is 25.1 Å². The van der Waals surface area contributed by atoms with Gasteiger partial charge < -0.3 is 4.90 Å². The van der Waals surface area contributed by atoms with E-state index in [1.165, 1.54) is 31.1 Å². The number of carbonyl (C=O) groups is 1. The van der Waals surface area contributed by atoms with Crippen LogP contribution in [0.3, 0.4) is 0 Å². The lowest BCUT2D eigenvalue weighted by Crippen LogP contribution is -2.28. The fourth-order valence-corrected chi connectivity index (χ4v) is 4.11. The molecule has 0 aliphatic heterocycles. The molecule has 0 aliphatic carbocycles. The van der Waals surface area contributed by atoms with Crippen molar-refractivity contribution in [3.8, 4) is 0 Å². The summed E-state index contributed by atoms with van der Waals surface area (Å²) in [6, 6.07) is 4.31. The number of aromatic nitrogens is 2. The molecule has 2 aromatic rings. The van der Waals surface area contributed by atoms with Crippen LogP contribution in [0.1, 0.15) is 23.0 Å². The van der Waals surface area contributed by atoms with Crippen molar-refractivity contribution in [1.29, 1.82) is 0 Å². The van der Waals surface area contributed by atoms with Crippen molar-refractivity contribution in [2.45, 2.75) is 24.9 Å². The van der Waals surface area contributed by atoms with E-state index in [9.17, 15) is 13.2 Å². The van der Waals surface area contributed by atoms with E-state index in [1.807, 2.05) is 13.0 Å². The summed E-state index contributed by atoms with van der Waals surface area (Å²) in [6.45, 7) is 2.94. The Hall–Kier alpha value is -1.61. The Labute approximate surface area is 163 Å². The zero-order valence-corrected chi connectivity index (χ0v) is 17.2. The molecule has 7 nitrogen and oxygen atoms in total. The minimum atomic E-state index is -3.81. The van der Waals surface area contributed by atoms with E-state index in [0.29, 0.717) is 13.1 Å². The molecular weight excluding hydrogens is 399 g/mol. The predicted octanol–water partition coefficient (Wildman–Crippen LogP) is 2.73. The van der Waals surface area contributed by atoms with Crippen LogP contribution in [0.4, 0.5) is 0 Å². The van der Waals surface area contributed by atoms with Gasteiger partial charge in [0.15, 0.2) is 0 Å². The van der Waals surface area contributed by atoms with E-state index in [0.717, 1.165) is 10.00 Å². The smallest absolute Gasteiger partial charge is 0.255 e. The van der Waals surface area contributed by atoms with Crippen LogP contribution in [0.5, 0.6) is 0 Å². The van der Waals surface area contributed by atoms with Crippen molar-refractivity contribution in [2.24, 2.45) is 0 Å². The van der Waals surface area contributed by atoms with Gasteiger partial charge in [-0.2, -0.15) is 5.10 Å². The SMILES string of the molecule is CCn1nccc1CN(C)C(=O)c1cc(S(=O)(=O)N(C)C)c(Cl)cc1Cl. The van der Waals surface area contributed by atoms with E-state index in [1.54, 1.807) is 17.9 Å². The van der Waals surface area contributed by atoms with Gasteiger partial charge in [-0.25, -0.2) is 12.7 Å². The molecule has 1 aromatic heterocycles. The maximum Gasteiger partial charge on any atom is 0.255 e. The zero-order valence-electron chi connectivity index (χ0n) is 14.9. The third-order valence-electron chi connectivity index (χ3n) is 3.86. The van der Waals surface area contributed by atoms with Crippen molar-refractivity contribution in [2.75, 3.05) is 21.1 Å². The molecule has 0 saturated heterocycles. The molecule has 142 valence electrons. The molecule has 0 saturated carbocycles. The van der Waals surface area contributed by atoms with Crippen molar-refractivity contribution in [1.82, 2.24) is 19.0 Å². The van der Waals surface area contributed by atoms with Crippen LogP contribution in [0.25, 0.3) is 0 Å². The Morgan fingerprint density at radius 2 is 1.85 bits per heavy atom. The summed E-state index contributed by atoms with van der Waals surface area (Å²) < 4.78 is 27.6. The van der Waals surface area contributed by atoms with Gasteiger partial charge in [0.25, 0.3) is 5.91 Å². The van der Waals surface area contributed by atoms with Crippen LogP contribution in [0, 0.1) is 0 Å². The highest BCUT2D eigenvalue weighted by Gasteiger charge is 2.26. The first-order valence-electron chi connectivity index (χ1n) is 7.77. The molecule has 0 aliphatic rings. The van der Waals surface area contributed by atoms with Crippen LogP contribution in [0.2, 0.25) is 10.0 Å². The molecule has 0 atom stereocenters. The lowest BCUT2D eigenvalue weighted by Gasteiger charge is -2.20. The minimum absolute atomic E-state index is 0.0352. The Balaban J connectivity index is 2.39. The van der Waals surface area contributed by atoms with Crippen molar-refractivity contribution >= 4 is 39.1 Å².